The van der Waals surface area contributed by atoms with Gasteiger partial charge < -0.3 is 10.4 Å². The fourth-order valence-electron chi connectivity index (χ4n) is 1.42. The molecule has 1 heterocycles. The van der Waals surface area contributed by atoms with Crippen molar-refractivity contribution >= 4 is 0 Å². The van der Waals surface area contributed by atoms with Crippen LogP contribution in [0.25, 0.3) is 0 Å². The smallest absolute Gasteiger partial charge is 0.383 e. The molecule has 1 fully saturated rings. The van der Waals surface area contributed by atoms with Crippen molar-refractivity contribution in [3.05, 3.63) is 0 Å². The van der Waals surface area contributed by atoms with Crippen LogP contribution in [0.2, 0.25) is 0 Å². The van der Waals surface area contributed by atoms with Crippen molar-refractivity contribution in [1.82, 2.24) is 5.32 Å². The fourth-order valence-corrected chi connectivity index (χ4v) is 1.42. The molecule has 0 aromatic carbocycles. The van der Waals surface area contributed by atoms with Crippen LogP contribution in [-0.4, -0.2) is 30.5 Å². The van der Waals surface area contributed by atoms with Gasteiger partial charge in [0.15, 0.2) is 6.10 Å². The maximum atomic E-state index is 12.0. The largest absolute Gasteiger partial charge is 0.414 e. The molecule has 0 aromatic heterocycles. The van der Waals surface area contributed by atoms with E-state index in [9.17, 15) is 13.2 Å². The third kappa shape index (κ3) is 2.35. The zero-order chi connectivity index (χ0) is 9.19. The predicted octanol–water partition coefficient (Wildman–Crippen LogP) is 0.909. The van der Waals surface area contributed by atoms with E-state index in [0.717, 1.165) is 6.54 Å². The van der Waals surface area contributed by atoms with Crippen LogP contribution in [0, 0.1) is 5.92 Å². The Labute approximate surface area is 68.8 Å². The summed E-state index contributed by atoms with van der Waals surface area (Å²) >= 11 is 0. The van der Waals surface area contributed by atoms with E-state index in [1.165, 1.54) is 0 Å². The zero-order valence-corrected chi connectivity index (χ0v) is 6.56. The lowest BCUT2D eigenvalue weighted by Gasteiger charge is -2.28. The van der Waals surface area contributed by atoms with Crippen molar-refractivity contribution in [3.63, 3.8) is 0 Å². The Morgan fingerprint density at radius 3 is 2.50 bits per heavy atom. The van der Waals surface area contributed by atoms with Crippen LogP contribution in [0.3, 0.4) is 0 Å². The van der Waals surface area contributed by atoms with Crippen LogP contribution >= 0.6 is 0 Å². The molecule has 2 nitrogen and oxygen atoms in total. The Morgan fingerprint density at radius 1 is 1.42 bits per heavy atom. The third-order valence-corrected chi connectivity index (χ3v) is 2.12. The molecule has 5 heteroatoms. The highest BCUT2D eigenvalue weighted by Gasteiger charge is 2.43. The summed E-state index contributed by atoms with van der Waals surface area (Å²) in [5.74, 6) is -0.668. The number of halogens is 3. The van der Waals surface area contributed by atoms with E-state index in [0.29, 0.717) is 12.8 Å². The van der Waals surface area contributed by atoms with Gasteiger partial charge in [0.25, 0.3) is 0 Å². The molecule has 1 aliphatic heterocycles. The highest BCUT2D eigenvalue weighted by atomic mass is 19.4. The average Bonchev–Trinajstić information content (AvgIpc) is 2.03. The van der Waals surface area contributed by atoms with E-state index in [-0.39, 0.29) is 6.54 Å². The molecule has 0 spiro atoms. The Balaban J connectivity index is 2.45. The van der Waals surface area contributed by atoms with Gasteiger partial charge in [-0.25, -0.2) is 0 Å². The summed E-state index contributed by atoms with van der Waals surface area (Å²) in [6.07, 6.45) is -5.47. The van der Waals surface area contributed by atoms with E-state index in [1.807, 2.05) is 0 Å². The van der Waals surface area contributed by atoms with Crippen LogP contribution < -0.4 is 5.32 Å². The van der Waals surface area contributed by atoms with Gasteiger partial charge in [0, 0.05) is 12.5 Å². The minimum atomic E-state index is -4.47. The van der Waals surface area contributed by atoms with Crippen molar-refractivity contribution in [2.45, 2.75) is 25.1 Å². The summed E-state index contributed by atoms with van der Waals surface area (Å²) in [5.41, 5.74) is 0. The second-order valence-corrected chi connectivity index (χ2v) is 3.09. The van der Waals surface area contributed by atoms with Crippen molar-refractivity contribution in [2.75, 3.05) is 13.1 Å². The summed E-state index contributed by atoms with van der Waals surface area (Å²) in [6.45, 7) is 1.02. The summed E-state index contributed by atoms with van der Waals surface area (Å²) in [6, 6.07) is 0. The molecule has 0 radical (unpaired) electrons. The number of rotatable bonds is 1. The summed E-state index contributed by atoms with van der Waals surface area (Å²) in [7, 11) is 0. The molecule has 1 rings (SSSR count). The standard InChI is InChI=1S/C7H12F3NO/c8-7(9,10)6(12)5-2-1-3-11-4-5/h5-6,11-12H,1-4H2/t5-,6+/m0/s1. The highest BCUT2D eigenvalue weighted by molar-refractivity contribution is 4.80. The highest BCUT2D eigenvalue weighted by Crippen LogP contribution is 2.28. The average molecular weight is 183 g/mol. The minimum absolute atomic E-state index is 0.265. The Bertz CT molecular complexity index is 142. The molecule has 0 unspecified atom stereocenters. The maximum Gasteiger partial charge on any atom is 0.414 e. The van der Waals surface area contributed by atoms with E-state index in [1.54, 1.807) is 0 Å². The fraction of sp³-hybridized carbons (Fsp3) is 1.00. The number of hydrogen-bond acceptors (Lipinski definition) is 2. The van der Waals surface area contributed by atoms with E-state index >= 15 is 0 Å². The number of nitrogens with one attached hydrogen (secondary N) is 1. The third-order valence-electron chi connectivity index (χ3n) is 2.12. The second-order valence-electron chi connectivity index (χ2n) is 3.09. The first-order chi connectivity index (χ1) is 5.52. The van der Waals surface area contributed by atoms with E-state index in [4.69, 9.17) is 5.11 Å². The van der Waals surface area contributed by atoms with Gasteiger partial charge >= 0.3 is 6.18 Å². The van der Waals surface area contributed by atoms with Gasteiger partial charge in [-0.2, -0.15) is 13.2 Å². The first kappa shape index (κ1) is 9.80. The summed E-state index contributed by atoms with van der Waals surface area (Å²) in [5, 5.41) is 11.7. The first-order valence-corrected chi connectivity index (χ1v) is 3.97. The molecule has 0 aliphatic carbocycles. The Morgan fingerprint density at radius 2 is 2.08 bits per heavy atom. The molecule has 2 atom stereocenters. The lowest BCUT2D eigenvalue weighted by Crippen LogP contribution is -2.43. The summed E-state index contributed by atoms with van der Waals surface area (Å²) < 4.78 is 35.9. The molecule has 72 valence electrons. The van der Waals surface area contributed by atoms with Crippen LogP contribution in [0.1, 0.15) is 12.8 Å². The van der Waals surface area contributed by atoms with E-state index < -0.39 is 18.2 Å². The van der Waals surface area contributed by atoms with Gasteiger partial charge in [-0.05, 0) is 19.4 Å². The quantitative estimate of drug-likeness (QED) is 0.633. The lowest BCUT2D eigenvalue weighted by atomic mass is 9.93. The molecule has 12 heavy (non-hydrogen) atoms. The van der Waals surface area contributed by atoms with Gasteiger partial charge in [-0.3, -0.25) is 0 Å². The van der Waals surface area contributed by atoms with Crippen LogP contribution in [-0.2, 0) is 0 Å². The maximum absolute atomic E-state index is 12.0. The van der Waals surface area contributed by atoms with Crippen molar-refractivity contribution in [2.24, 2.45) is 5.92 Å². The number of alkyl halides is 3. The topological polar surface area (TPSA) is 32.3 Å². The molecule has 0 saturated carbocycles. The number of hydrogen-bond donors (Lipinski definition) is 2. The van der Waals surface area contributed by atoms with Crippen LogP contribution in [0.5, 0.6) is 0 Å². The van der Waals surface area contributed by atoms with Gasteiger partial charge in [0.05, 0.1) is 0 Å². The molecule has 0 amide bonds. The molecule has 0 aromatic rings. The monoisotopic (exact) mass is 183 g/mol. The molecule has 2 N–H and O–H groups in total. The molecular weight excluding hydrogens is 171 g/mol. The summed E-state index contributed by atoms with van der Waals surface area (Å²) in [4.78, 5) is 0. The number of aliphatic hydroxyl groups is 1. The van der Waals surface area contributed by atoms with Crippen LogP contribution in [0.4, 0.5) is 13.2 Å². The van der Waals surface area contributed by atoms with Crippen LogP contribution in [0.15, 0.2) is 0 Å². The second kappa shape index (κ2) is 3.62. The van der Waals surface area contributed by atoms with Crippen molar-refractivity contribution in [1.29, 1.82) is 0 Å². The first-order valence-electron chi connectivity index (χ1n) is 3.97. The SMILES string of the molecule is O[C@H]([C@H]1CCCNC1)C(F)(F)F. The van der Waals surface area contributed by atoms with Gasteiger partial charge in [-0.15, -0.1) is 0 Å². The van der Waals surface area contributed by atoms with E-state index in [2.05, 4.69) is 5.32 Å². The van der Waals surface area contributed by atoms with Gasteiger partial charge in [-0.1, -0.05) is 0 Å². The molecule has 0 bridgehead atoms. The molecule has 1 saturated heterocycles. The van der Waals surface area contributed by atoms with Gasteiger partial charge in [0.2, 0.25) is 0 Å². The van der Waals surface area contributed by atoms with Gasteiger partial charge in [0.1, 0.15) is 0 Å². The van der Waals surface area contributed by atoms with Crippen molar-refractivity contribution in [3.8, 4) is 0 Å². The predicted molar refractivity (Wildman–Crippen MR) is 37.7 cm³/mol. The van der Waals surface area contributed by atoms with Crippen molar-refractivity contribution < 1.29 is 18.3 Å². The number of aliphatic hydroxyl groups excluding tert-OH is 1. The normalized spacial score (nSPS) is 28.5. The zero-order valence-electron chi connectivity index (χ0n) is 6.56. The minimum Gasteiger partial charge on any atom is -0.383 e. The molecular formula is C7H12F3NO. The number of piperidine rings is 1. The lowest BCUT2D eigenvalue weighted by molar-refractivity contribution is -0.220. The Hall–Kier alpha value is -0.290. The molecule has 1 aliphatic rings. The Kier molecular flexibility index (Phi) is 2.95.